The number of morpholine rings is 1. The molecule has 0 saturated carbocycles. The van der Waals surface area contributed by atoms with Gasteiger partial charge < -0.3 is 15.4 Å². The number of aliphatic imine (C=N–C) groups is 1. The highest BCUT2D eigenvalue weighted by Crippen LogP contribution is 2.34. The summed E-state index contributed by atoms with van der Waals surface area (Å²) in [6, 6.07) is 11.8. The molecule has 3 fully saturated rings. The molecule has 1 aromatic rings. The first kappa shape index (κ1) is 22.9. The van der Waals surface area contributed by atoms with Crippen LogP contribution in [0.15, 0.2) is 35.3 Å². The molecule has 3 unspecified atom stereocenters. The average molecular weight is 446 g/mol. The van der Waals surface area contributed by atoms with Gasteiger partial charge in [0.25, 0.3) is 0 Å². The van der Waals surface area contributed by atoms with Crippen LogP contribution in [0.25, 0.3) is 0 Å². The van der Waals surface area contributed by atoms with Crippen molar-refractivity contribution >= 4 is 17.7 Å². The molecule has 2 N–H and O–H groups in total. The van der Waals surface area contributed by atoms with E-state index in [4.69, 9.17) is 9.73 Å². The third-order valence-corrected chi connectivity index (χ3v) is 8.15. The highest BCUT2D eigenvalue weighted by Gasteiger charge is 2.40. The summed E-state index contributed by atoms with van der Waals surface area (Å²) < 4.78 is 5.61. The van der Waals surface area contributed by atoms with Crippen molar-refractivity contribution in [2.45, 2.75) is 50.9 Å². The molecule has 0 radical (unpaired) electrons. The van der Waals surface area contributed by atoms with Gasteiger partial charge in [0, 0.05) is 50.6 Å². The van der Waals surface area contributed by atoms with Crippen molar-refractivity contribution in [3.05, 3.63) is 35.9 Å². The van der Waals surface area contributed by atoms with Gasteiger partial charge in [-0.25, -0.2) is 0 Å². The Balaban J connectivity index is 1.37. The normalized spacial score (nSPS) is 30.6. The van der Waals surface area contributed by atoms with Crippen LogP contribution in [0.5, 0.6) is 0 Å². The molecule has 3 saturated heterocycles. The number of nitrogens with one attached hydrogen (secondary N) is 2. The maximum atomic E-state index is 5.61. The quantitative estimate of drug-likeness (QED) is 0.497. The standard InChI is InChI=1S/C24H39N5OS/c1-3-25-23(26-18-24(9-14-31-19-24)29-10-12-30-13-11-29)27-22-15-20(2)28(17-22)16-21-7-5-4-6-8-21/h4-8,20,22H,3,9-19H2,1-2H3,(H2,25,26,27). The number of hydrogen-bond acceptors (Lipinski definition) is 5. The third kappa shape index (κ3) is 5.95. The largest absolute Gasteiger partial charge is 0.379 e. The molecular formula is C24H39N5OS. The Morgan fingerprint density at radius 3 is 2.77 bits per heavy atom. The van der Waals surface area contributed by atoms with E-state index >= 15 is 0 Å². The van der Waals surface area contributed by atoms with Crippen LogP contribution in [0.3, 0.4) is 0 Å². The summed E-state index contributed by atoms with van der Waals surface area (Å²) in [5.74, 6) is 3.40. The second-order valence-corrected chi connectivity index (χ2v) is 10.3. The molecule has 0 spiro atoms. The number of ether oxygens (including phenoxy) is 1. The van der Waals surface area contributed by atoms with Gasteiger partial charge in [0.05, 0.1) is 25.3 Å². The van der Waals surface area contributed by atoms with Gasteiger partial charge in [-0.2, -0.15) is 11.8 Å². The molecule has 1 aromatic carbocycles. The summed E-state index contributed by atoms with van der Waals surface area (Å²) in [5.41, 5.74) is 1.58. The summed E-state index contributed by atoms with van der Waals surface area (Å²) in [7, 11) is 0. The minimum absolute atomic E-state index is 0.194. The molecular weight excluding hydrogens is 406 g/mol. The Kier molecular flexibility index (Phi) is 8.15. The van der Waals surface area contributed by atoms with Crippen LogP contribution < -0.4 is 10.6 Å². The zero-order valence-electron chi connectivity index (χ0n) is 19.2. The minimum Gasteiger partial charge on any atom is -0.379 e. The van der Waals surface area contributed by atoms with Crippen LogP contribution in [0.4, 0.5) is 0 Å². The molecule has 172 valence electrons. The maximum absolute atomic E-state index is 5.61. The van der Waals surface area contributed by atoms with Gasteiger partial charge in [0.15, 0.2) is 5.96 Å². The van der Waals surface area contributed by atoms with Gasteiger partial charge in [-0.3, -0.25) is 14.8 Å². The highest BCUT2D eigenvalue weighted by atomic mass is 32.2. The zero-order valence-corrected chi connectivity index (χ0v) is 20.0. The Labute approximate surface area is 192 Å². The smallest absolute Gasteiger partial charge is 0.191 e. The van der Waals surface area contributed by atoms with Crippen molar-refractivity contribution in [3.8, 4) is 0 Å². The second-order valence-electron chi connectivity index (χ2n) is 9.16. The summed E-state index contributed by atoms with van der Waals surface area (Å²) in [6.07, 6.45) is 2.38. The Hall–Kier alpha value is -1.28. The van der Waals surface area contributed by atoms with Crippen molar-refractivity contribution in [1.29, 1.82) is 0 Å². The number of nitrogens with zero attached hydrogens (tertiary/aromatic N) is 3. The molecule has 3 aliphatic heterocycles. The second kappa shape index (κ2) is 11.0. The lowest BCUT2D eigenvalue weighted by molar-refractivity contribution is -0.0104. The molecule has 6 nitrogen and oxygen atoms in total. The van der Waals surface area contributed by atoms with Crippen LogP contribution >= 0.6 is 11.8 Å². The fourth-order valence-electron chi connectivity index (χ4n) is 5.09. The fourth-order valence-corrected chi connectivity index (χ4v) is 6.56. The van der Waals surface area contributed by atoms with Crippen molar-refractivity contribution in [2.75, 3.05) is 57.4 Å². The molecule has 0 aromatic heterocycles. The summed E-state index contributed by atoms with van der Waals surface area (Å²) in [5, 5.41) is 7.26. The van der Waals surface area contributed by atoms with Crippen LogP contribution in [-0.2, 0) is 11.3 Å². The van der Waals surface area contributed by atoms with Crippen LogP contribution in [0.1, 0.15) is 32.3 Å². The highest BCUT2D eigenvalue weighted by molar-refractivity contribution is 7.99. The first-order valence-corrected chi connectivity index (χ1v) is 13.1. The SMILES string of the molecule is CCNC(=NCC1(N2CCOCC2)CCSC1)NC1CC(C)N(Cc2ccccc2)C1. The lowest BCUT2D eigenvalue weighted by atomic mass is 9.96. The Morgan fingerprint density at radius 1 is 1.26 bits per heavy atom. The number of thioether (sulfide) groups is 1. The molecule has 0 bridgehead atoms. The van der Waals surface area contributed by atoms with Gasteiger partial charge in [0.1, 0.15) is 0 Å². The topological polar surface area (TPSA) is 52.1 Å². The van der Waals surface area contributed by atoms with Gasteiger partial charge in [-0.15, -0.1) is 0 Å². The molecule has 3 atom stereocenters. The van der Waals surface area contributed by atoms with Crippen molar-refractivity contribution in [1.82, 2.24) is 20.4 Å². The van der Waals surface area contributed by atoms with Gasteiger partial charge >= 0.3 is 0 Å². The number of likely N-dealkylation sites (tertiary alicyclic amines) is 1. The van der Waals surface area contributed by atoms with Crippen molar-refractivity contribution in [3.63, 3.8) is 0 Å². The van der Waals surface area contributed by atoms with Crippen LogP contribution in [-0.4, -0.2) is 90.8 Å². The minimum atomic E-state index is 0.194. The molecule has 3 aliphatic rings. The van der Waals surface area contributed by atoms with Crippen molar-refractivity contribution in [2.24, 2.45) is 4.99 Å². The average Bonchev–Trinajstić information content (AvgIpc) is 3.41. The van der Waals surface area contributed by atoms with E-state index in [0.29, 0.717) is 12.1 Å². The van der Waals surface area contributed by atoms with E-state index < -0.39 is 0 Å². The zero-order chi connectivity index (χ0) is 21.5. The van der Waals surface area contributed by atoms with Gasteiger partial charge in [-0.1, -0.05) is 30.3 Å². The summed E-state index contributed by atoms with van der Waals surface area (Å²) >= 11 is 2.07. The predicted octanol–water partition coefficient (Wildman–Crippen LogP) is 2.41. The van der Waals surface area contributed by atoms with E-state index in [-0.39, 0.29) is 5.54 Å². The Morgan fingerprint density at radius 2 is 2.06 bits per heavy atom. The number of guanidine groups is 1. The van der Waals surface area contributed by atoms with E-state index in [9.17, 15) is 0 Å². The predicted molar refractivity (Wildman–Crippen MR) is 131 cm³/mol. The van der Waals surface area contributed by atoms with E-state index in [2.05, 4.69) is 76.4 Å². The maximum Gasteiger partial charge on any atom is 0.191 e. The lowest BCUT2D eigenvalue weighted by Gasteiger charge is -2.42. The lowest BCUT2D eigenvalue weighted by Crippen LogP contribution is -2.56. The van der Waals surface area contributed by atoms with E-state index in [1.54, 1.807) is 0 Å². The third-order valence-electron chi connectivity index (χ3n) is 6.91. The molecule has 0 amide bonds. The summed E-state index contributed by atoms with van der Waals surface area (Å²) in [4.78, 5) is 10.3. The first-order chi connectivity index (χ1) is 15.2. The van der Waals surface area contributed by atoms with Crippen LogP contribution in [0, 0.1) is 0 Å². The molecule has 0 aliphatic carbocycles. The van der Waals surface area contributed by atoms with E-state index in [1.807, 2.05) is 0 Å². The van der Waals surface area contributed by atoms with Crippen LogP contribution in [0.2, 0.25) is 0 Å². The molecule has 3 heterocycles. The number of rotatable bonds is 7. The molecule has 31 heavy (non-hydrogen) atoms. The monoisotopic (exact) mass is 445 g/mol. The van der Waals surface area contributed by atoms with E-state index in [1.165, 1.54) is 23.5 Å². The van der Waals surface area contributed by atoms with Gasteiger partial charge in [-0.05, 0) is 38.0 Å². The first-order valence-electron chi connectivity index (χ1n) is 11.9. The number of hydrogen-bond donors (Lipinski definition) is 2. The number of benzene rings is 1. The van der Waals surface area contributed by atoms with Gasteiger partial charge in [0.2, 0.25) is 0 Å². The molecule has 4 rings (SSSR count). The van der Waals surface area contributed by atoms with Crippen molar-refractivity contribution < 1.29 is 4.74 Å². The fraction of sp³-hybridized carbons (Fsp3) is 0.708. The summed E-state index contributed by atoms with van der Waals surface area (Å²) in [6.45, 7) is 12.1. The van der Waals surface area contributed by atoms with E-state index in [0.717, 1.165) is 64.9 Å². The molecule has 7 heteroatoms. The Bertz CT molecular complexity index is 703.